The first kappa shape index (κ1) is 26.7. The van der Waals surface area contributed by atoms with Crippen LogP contribution in [0.3, 0.4) is 0 Å². The summed E-state index contributed by atoms with van der Waals surface area (Å²) in [5.74, 6) is -0.00858. The van der Waals surface area contributed by atoms with E-state index in [-0.39, 0.29) is 17.4 Å². The highest BCUT2D eigenvalue weighted by Gasteiger charge is 2.25. The van der Waals surface area contributed by atoms with E-state index in [0.29, 0.717) is 17.5 Å². The number of nitriles is 1. The minimum atomic E-state index is -0.887. The maximum absolute atomic E-state index is 11.8. The number of methoxy groups -OCH3 is 1. The van der Waals surface area contributed by atoms with E-state index in [2.05, 4.69) is 27.8 Å². The average molecular weight is 483 g/mol. The molecule has 2 aromatic rings. The molecule has 1 amide bonds. The molecule has 0 aliphatic carbocycles. The smallest absolute Gasteiger partial charge is 0.304 e. The fourth-order valence-electron chi connectivity index (χ4n) is 3.21. The Morgan fingerprint density at radius 2 is 1.89 bits per heavy atom. The Morgan fingerprint density at radius 1 is 1.17 bits per heavy atom. The molecule has 2 N–H and O–H groups in total. The predicted octanol–water partition coefficient (Wildman–Crippen LogP) is 5.75. The van der Waals surface area contributed by atoms with Gasteiger partial charge in [-0.25, -0.2) is 0 Å². The molecule has 0 aromatic heterocycles. The number of rotatable bonds is 11. The lowest BCUT2D eigenvalue weighted by atomic mass is 10.1. The molecule has 0 aliphatic heterocycles. The van der Waals surface area contributed by atoms with E-state index >= 15 is 0 Å². The molecule has 13 heteroatoms. The topological polar surface area (TPSA) is 185 Å². The van der Waals surface area contributed by atoms with Crippen LogP contribution in [0.5, 0.6) is 5.75 Å². The van der Waals surface area contributed by atoms with Crippen molar-refractivity contribution < 1.29 is 19.4 Å². The zero-order chi connectivity index (χ0) is 26.1. The number of unbranched alkanes of at least 4 members (excludes halogenated alkanes) is 1. The molecule has 2 rings (SSSR count). The number of carbonyl (C=O) groups is 1. The molecule has 0 spiro atoms. The maximum Gasteiger partial charge on any atom is 0.304 e. The van der Waals surface area contributed by atoms with Crippen LogP contribution in [-0.2, 0) is 4.79 Å². The number of nitrogens with one attached hydrogen (secondary N) is 2. The summed E-state index contributed by atoms with van der Waals surface area (Å²) >= 11 is 0. The summed E-state index contributed by atoms with van der Waals surface area (Å²) in [5.41, 5.74) is -1.29. The van der Waals surface area contributed by atoms with Gasteiger partial charge < -0.3 is 15.4 Å². The summed E-state index contributed by atoms with van der Waals surface area (Å²) in [6.07, 6.45) is 2.98. The lowest BCUT2D eigenvalue weighted by molar-refractivity contribution is -0.393. The number of nitrogens with zero attached hydrogens (tertiary/aromatic N) is 5. The minimum absolute atomic E-state index is 0.0975. The maximum atomic E-state index is 11.8. The van der Waals surface area contributed by atoms with Crippen molar-refractivity contribution in [2.24, 2.45) is 10.2 Å². The second-order valence-corrected chi connectivity index (χ2v) is 7.63. The summed E-state index contributed by atoms with van der Waals surface area (Å²) in [4.78, 5) is 32.6. The number of anilines is 2. The van der Waals surface area contributed by atoms with Gasteiger partial charge >= 0.3 is 5.69 Å². The predicted molar refractivity (Wildman–Crippen MR) is 129 cm³/mol. The van der Waals surface area contributed by atoms with Crippen LogP contribution in [0, 0.1) is 31.6 Å². The third-order valence-electron chi connectivity index (χ3n) is 4.88. The molecule has 0 radical (unpaired) electrons. The number of benzene rings is 2. The van der Waals surface area contributed by atoms with Crippen LogP contribution in [0.4, 0.5) is 34.1 Å². The van der Waals surface area contributed by atoms with Crippen LogP contribution in [0.25, 0.3) is 0 Å². The van der Waals surface area contributed by atoms with Gasteiger partial charge in [0.25, 0.3) is 5.69 Å². The van der Waals surface area contributed by atoms with Gasteiger partial charge in [0.05, 0.1) is 40.0 Å². The normalized spacial score (nSPS) is 11.5. The summed E-state index contributed by atoms with van der Waals surface area (Å²) in [5, 5.41) is 45.8. The third-order valence-corrected chi connectivity index (χ3v) is 4.88. The van der Waals surface area contributed by atoms with Crippen molar-refractivity contribution in [2.45, 2.75) is 46.1 Å². The minimum Gasteiger partial charge on any atom is -0.495 e. The standard InChI is InChI=1S/C22H25N7O6/c1-5-6-7-13(2)24-19-10-17(25-14(3)30)18(11-21(19)35-4)26-27-22-15(12-23)8-16(28(31)32)9-20(22)29(33)34/h8-11,13,24H,5-7H2,1-4H3,(H,25,30)/t13-/m0/s1. The van der Waals surface area contributed by atoms with E-state index in [1.54, 1.807) is 12.1 Å². The molecule has 2 aromatic carbocycles. The molecule has 0 unspecified atom stereocenters. The van der Waals surface area contributed by atoms with Gasteiger partial charge in [0, 0.05) is 25.1 Å². The molecule has 0 saturated carbocycles. The zero-order valence-electron chi connectivity index (χ0n) is 19.7. The number of non-ortho nitro benzene ring substituents is 1. The van der Waals surface area contributed by atoms with Gasteiger partial charge in [-0.3, -0.25) is 25.0 Å². The van der Waals surface area contributed by atoms with Crippen molar-refractivity contribution in [1.82, 2.24) is 0 Å². The zero-order valence-corrected chi connectivity index (χ0v) is 19.7. The molecule has 35 heavy (non-hydrogen) atoms. The molecule has 184 valence electrons. The van der Waals surface area contributed by atoms with Crippen LogP contribution >= 0.6 is 0 Å². The van der Waals surface area contributed by atoms with Gasteiger partial charge in [0.1, 0.15) is 17.5 Å². The summed E-state index contributed by atoms with van der Waals surface area (Å²) in [7, 11) is 1.45. The Kier molecular flexibility index (Phi) is 9.16. The summed E-state index contributed by atoms with van der Waals surface area (Å²) in [6, 6.07) is 6.45. The van der Waals surface area contributed by atoms with Crippen molar-refractivity contribution in [3.8, 4) is 11.8 Å². The van der Waals surface area contributed by atoms with Crippen LogP contribution in [0.2, 0.25) is 0 Å². The van der Waals surface area contributed by atoms with Crippen molar-refractivity contribution in [2.75, 3.05) is 17.7 Å². The summed E-state index contributed by atoms with van der Waals surface area (Å²) in [6.45, 7) is 5.41. The van der Waals surface area contributed by atoms with Crippen molar-refractivity contribution in [3.05, 3.63) is 50.1 Å². The Bertz CT molecular complexity index is 1210. The Labute approximate surface area is 201 Å². The third kappa shape index (κ3) is 6.94. The Balaban J connectivity index is 2.61. The highest BCUT2D eigenvalue weighted by atomic mass is 16.6. The molecule has 0 bridgehead atoms. The monoisotopic (exact) mass is 483 g/mol. The van der Waals surface area contributed by atoms with Crippen LogP contribution in [-0.4, -0.2) is 28.9 Å². The lowest BCUT2D eigenvalue weighted by Gasteiger charge is -2.19. The van der Waals surface area contributed by atoms with Crippen molar-refractivity contribution in [1.29, 1.82) is 5.26 Å². The molecule has 0 aliphatic rings. The fourth-order valence-corrected chi connectivity index (χ4v) is 3.21. The fraction of sp³-hybridized carbons (Fsp3) is 0.364. The molecule has 1 atom stereocenters. The molecule has 0 saturated heterocycles. The molecule has 0 fully saturated rings. The number of carbonyl (C=O) groups excluding carboxylic acids is 1. The first-order valence-electron chi connectivity index (χ1n) is 10.7. The Hall–Kier alpha value is -4.60. The van der Waals surface area contributed by atoms with Gasteiger partial charge in [-0.2, -0.15) is 5.26 Å². The van der Waals surface area contributed by atoms with E-state index in [0.717, 1.165) is 25.3 Å². The molecule has 0 heterocycles. The van der Waals surface area contributed by atoms with E-state index in [4.69, 9.17) is 4.74 Å². The molecule has 13 nitrogen and oxygen atoms in total. The van der Waals surface area contributed by atoms with Gasteiger partial charge in [-0.1, -0.05) is 19.8 Å². The number of ether oxygens (including phenoxy) is 1. The highest BCUT2D eigenvalue weighted by Crippen LogP contribution is 2.40. The van der Waals surface area contributed by atoms with Crippen LogP contribution < -0.4 is 15.4 Å². The van der Waals surface area contributed by atoms with E-state index in [1.807, 2.05) is 6.92 Å². The number of amides is 1. The number of nitro benzene ring substituents is 2. The van der Waals surface area contributed by atoms with Crippen molar-refractivity contribution in [3.63, 3.8) is 0 Å². The molecular weight excluding hydrogens is 458 g/mol. The van der Waals surface area contributed by atoms with Gasteiger partial charge in [-0.15, -0.1) is 10.2 Å². The van der Waals surface area contributed by atoms with Crippen LogP contribution in [0.15, 0.2) is 34.5 Å². The van der Waals surface area contributed by atoms with E-state index in [9.17, 15) is 30.3 Å². The Morgan fingerprint density at radius 3 is 2.43 bits per heavy atom. The van der Waals surface area contributed by atoms with E-state index < -0.39 is 38.4 Å². The first-order valence-corrected chi connectivity index (χ1v) is 10.7. The number of azo groups is 1. The number of hydrogen-bond acceptors (Lipinski definition) is 10. The number of hydrogen-bond donors (Lipinski definition) is 2. The largest absolute Gasteiger partial charge is 0.495 e. The quantitative estimate of drug-likeness (QED) is 0.230. The second kappa shape index (κ2) is 12.0. The molecular formula is C22H25N7O6. The van der Waals surface area contributed by atoms with Gasteiger partial charge in [0.15, 0.2) is 5.69 Å². The van der Waals surface area contributed by atoms with Crippen molar-refractivity contribution >= 4 is 40.0 Å². The summed E-state index contributed by atoms with van der Waals surface area (Å²) < 4.78 is 5.44. The van der Waals surface area contributed by atoms with Gasteiger partial charge in [0.2, 0.25) is 5.91 Å². The SMILES string of the molecule is CCCC[C@H](C)Nc1cc(NC(C)=O)c(N=Nc2c(C#N)cc([N+](=O)[O-])cc2[N+](=O)[O-])cc1OC. The second-order valence-electron chi connectivity index (χ2n) is 7.63. The first-order chi connectivity index (χ1) is 16.6. The lowest BCUT2D eigenvalue weighted by Crippen LogP contribution is -2.16. The average Bonchev–Trinajstić information content (AvgIpc) is 2.81. The van der Waals surface area contributed by atoms with Gasteiger partial charge in [-0.05, 0) is 19.4 Å². The highest BCUT2D eigenvalue weighted by molar-refractivity contribution is 5.93. The number of nitro groups is 2. The van der Waals surface area contributed by atoms with Crippen LogP contribution in [0.1, 0.15) is 45.6 Å². The van der Waals surface area contributed by atoms with E-state index in [1.165, 1.54) is 20.1 Å².